The van der Waals surface area contributed by atoms with E-state index < -0.39 is 9.84 Å². The van der Waals surface area contributed by atoms with Crippen molar-refractivity contribution in [2.45, 2.75) is 6.54 Å². The minimum Gasteiger partial charge on any atom is -0.507 e. The number of nitrogens with zero attached hydrogens (tertiary/aromatic N) is 2. The molecule has 1 fully saturated rings. The first-order chi connectivity index (χ1) is 11.5. The van der Waals surface area contributed by atoms with E-state index in [1.54, 1.807) is 12.1 Å². The summed E-state index contributed by atoms with van der Waals surface area (Å²) in [6, 6.07) is 14.6. The highest BCUT2D eigenvalue weighted by molar-refractivity contribution is 7.91. The zero-order chi connectivity index (χ0) is 17.2. The molecule has 3 rings (SSSR count). The molecule has 124 valence electrons. The van der Waals surface area contributed by atoms with Crippen molar-refractivity contribution in [2.24, 2.45) is 0 Å². The molecule has 1 N–H and O–H groups in total. The normalized spacial score (nSPS) is 17.3. The smallest absolute Gasteiger partial charge is 0.152 e. The van der Waals surface area contributed by atoms with Crippen LogP contribution in [0.5, 0.6) is 5.75 Å². The lowest BCUT2D eigenvalue weighted by Crippen LogP contribution is -2.39. The van der Waals surface area contributed by atoms with Gasteiger partial charge >= 0.3 is 0 Å². The number of rotatable bonds is 3. The van der Waals surface area contributed by atoms with Crippen LogP contribution in [0.1, 0.15) is 11.1 Å². The Hall–Kier alpha value is -2.36. The number of phenols is 1. The molecule has 0 aliphatic carbocycles. The maximum absolute atomic E-state index is 11.5. The average Bonchev–Trinajstić information content (AvgIpc) is 2.58. The molecular weight excluding hydrogens is 324 g/mol. The Bertz CT molecular complexity index is 869. The zero-order valence-corrected chi connectivity index (χ0v) is 14.0. The van der Waals surface area contributed by atoms with E-state index in [1.807, 2.05) is 24.3 Å². The average molecular weight is 342 g/mol. The van der Waals surface area contributed by atoms with Crippen LogP contribution in [0.4, 0.5) is 0 Å². The van der Waals surface area contributed by atoms with Crippen molar-refractivity contribution in [3.63, 3.8) is 0 Å². The first kappa shape index (κ1) is 16.5. The molecule has 1 aliphatic heterocycles. The van der Waals surface area contributed by atoms with E-state index in [1.165, 1.54) is 6.07 Å². The van der Waals surface area contributed by atoms with Gasteiger partial charge in [-0.1, -0.05) is 24.3 Å². The summed E-state index contributed by atoms with van der Waals surface area (Å²) in [6.07, 6.45) is 0. The lowest BCUT2D eigenvalue weighted by atomic mass is 10.0. The molecule has 1 saturated heterocycles. The van der Waals surface area contributed by atoms with Crippen LogP contribution in [0, 0.1) is 11.3 Å². The third kappa shape index (κ3) is 3.75. The van der Waals surface area contributed by atoms with E-state index in [-0.39, 0.29) is 17.3 Å². The predicted octanol–water partition coefficient (Wildman–Crippen LogP) is 2.16. The molecule has 0 aromatic heterocycles. The summed E-state index contributed by atoms with van der Waals surface area (Å²) in [4.78, 5) is 2.13. The maximum atomic E-state index is 11.5. The van der Waals surface area contributed by atoms with Crippen LogP contribution in [-0.4, -0.2) is 43.0 Å². The second-order valence-corrected chi connectivity index (χ2v) is 8.27. The third-order valence-corrected chi connectivity index (χ3v) is 5.84. The Kier molecular flexibility index (Phi) is 4.56. The Morgan fingerprint density at radius 3 is 2.38 bits per heavy atom. The Labute approximate surface area is 141 Å². The van der Waals surface area contributed by atoms with Crippen LogP contribution in [-0.2, 0) is 16.4 Å². The molecular formula is C18H18N2O3S. The van der Waals surface area contributed by atoms with Crippen molar-refractivity contribution in [3.05, 3.63) is 53.6 Å². The standard InChI is InChI=1S/C18H18N2O3S/c19-12-15-3-6-18(21)17(11-15)16-4-1-14(2-5-16)13-20-7-9-24(22,23)10-8-20/h1-6,11,21H,7-10,13H2. The van der Waals surface area contributed by atoms with Gasteiger partial charge < -0.3 is 5.11 Å². The summed E-state index contributed by atoms with van der Waals surface area (Å²) < 4.78 is 22.9. The SMILES string of the molecule is N#Cc1ccc(O)c(-c2ccc(CN3CCS(=O)(=O)CC3)cc2)c1. The van der Waals surface area contributed by atoms with E-state index in [4.69, 9.17) is 5.26 Å². The molecule has 0 atom stereocenters. The first-order valence-electron chi connectivity index (χ1n) is 7.72. The maximum Gasteiger partial charge on any atom is 0.152 e. The van der Waals surface area contributed by atoms with Gasteiger partial charge in [0.2, 0.25) is 0 Å². The fourth-order valence-corrected chi connectivity index (χ4v) is 4.07. The Morgan fingerprint density at radius 2 is 1.75 bits per heavy atom. The number of aromatic hydroxyl groups is 1. The number of phenolic OH excluding ortho intramolecular Hbond substituents is 1. The molecule has 6 heteroatoms. The van der Waals surface area contributed by atoms with Gasteiger partial charge in [-0.15, -0.1) is 0 Å². The molecule has 2 aromatic carbocycles. The van der Waals surface area contributed by atoms with Crippen LogP contribution < -0.4 is 0 Å². The first-order valence-corrected chi connectivity index (χ1v) is 9.54. The molecule has 5 nitrogen and oxygen atoms in total. The number of hydrogen-bond donors (Lipinski definition) is 1. The minimum atomic E-state index is -2.86. The van der Waals surface area contributed by atoms with E-state index in [0.717, 1.165) is 11.1 Å². The molecule has 24 heavy (non-hydrogen) atoms. The quantitative estimate of drug-likeness (QED) is 0.924. The van der Waals surface area contributed by atoms with Crippen molar-refractivity contribution in [1.82, 2.24) is 4.90 Å². The number of benzene rings is 2. The van der Waals surface area contributed by atoms with Crippen LogP contribution in [0.3, 0.4) is 0 Å². The lowest BCUT2D eigenvalue weighted by Gasteiger charge is -2.26. The van der Waals surface area contributed by atoms with Crippen LogP contribution in [0.25, 0.3) is 11.1 Å². The summed E-state index contributed by atoms with van der Waals surface area (Å²) >= 11 is 0. The summed E-state index contributed by atoms with van der Waals surface area (Å²) in [7, 11) is -2.86. The molecule has 0 unspecified atom stereocenters. The second kappa shape index (κ2) is 6.63. The monoisotopic (exact) mass is 342 g/mol. The fraction of sp³-hybridized carbons (Fsp3) is 0.278. The number of hydrogen-bond acceptors (Lipinski definition) is 5. The molecule has 1 aliphatic rings. The van der Waals surface area contributed by atoms with E-state index in [2.05, 4.69) is 11.0 Å². The number of sulfone groups is 1. The fourth-order valence-electron chi connectivity index (χ4n) is 2.79. The van der Waals surface area contributed by atoms with Crippen molar-refractivity contribution >= 4 is 9.84 Å². The Balaban J connectivity index is 1.73. The summed E-state index contributed by atoms with van der Waals surface area (Å²) in [5.74, 6) is 0.586. The van der Waals surface area contributed by atoms with E-state index in [0.29, 0.717) is 30.8 Å². The zero-order valence-electron chi connectivity index (χ0n) is 13.1. The third-order valence-electron chi connectivity index (χ3n) is 4.23. The molecule has 0 amide bonds. The van der Waals surface area contributed by atoms with Gasteiger partial charge in [-0.25, -0.2) is 8.42 Å². The van der Waals surface area contributed by atoms with Gasteiger partial charge in [0.1, 0.15) is 5.75 Å². The highest BCUT2D eigenvalue weighted by Gasteiger charge is 2.21. The summed E-state index contributed by atoms with van der Waals surface area (Å²) in [5, 5.41) is 19.0. The summed E-state index contributed by atoms with van der Waals surface area (Å²) in [6.45, 7) is 1.84. The molecule has 1 heterocycles. The van der Waals surface area contributed by atoms with Gasteiger partial charge in [-0.05, 0) is 29.3 Å². The highest BCUT2D eigenvalue weighted by atomic mass is 32.2. The molecule has 0 radical (unpaired) electrons. The van der Waals surface area contributed by atoms with Crippen LogP contribution in [0.15, 0.2) is 42.5 Å². The predicted molar refractivity (Wildman–Crippen MR) is 92.2 cm³/mol. The van der Waals surface area contributed by atoms with Crippen molar-refractivity contribution < 1.29 is 13.5 Å². The number of nitriles is 1. The van der Waals surface area contributed by atoms with E-state index in [9.17, 15) is 13.5 Å². The van der Waals surface area contributed by atoms with Gasteiger partial charge in [0.25, 0.3) is 0 Å². The second-order valence-electron chi connectivity index (χ2n) is 5.97. The van der Waals surface area contributed by atoms with Crippen molar-refractivity contribution in [2.75, 3.05) is 24.6 Å². The minimum absolute atomic E-state index is 0.142. The Morgan fingerprint density at radius 1 is 1.08 bits per heavy atom. The molecule has 0 spiro atoms. The van der Waals surface area contributed by atoms with Gasteiger partial charge in [-0.3, -0.25) is 4.90 Å². The topological polar surface area (TPSA) is 81.4 Å². The largest absolute Gasteiger partial charge is 0.507 e. The van der Waals surface area contributed by atoms with Crippen molar-refractivity contribution in [1.29, 1.82) is 5.26 Å². The highest BCUT2D eigenvalue weighted by Crippen LogP contribution is 2.30. The van der Waals surface area contributed by atoms with Crippen molar-refractivity contribution in [3.8, 4) is 22.9 Å². The lowest BCUT2D eigenvalue weighted by molar-refractivity contribution is 0.287. The van der Waals surface area contributed by atoms with Gasteiger partial charge in [0, 0.05) is 25.2 Å². The molecule has 0 bridgehead atoms. The van der Waals surface area contributed by atoms with Crippen LogP contribution >= 0.6 is 0 Å². The van der Waals surface area contributed by atoms with E-state index >= 15 is 0 Å². The molecule has 2 aromatic rings. The molecule has 0 saturated carbocycles. The van der Waals surface area contributed by atoms with Gasteiger partial charge in [0.05, 0.1) is 23.1 Å². The van der Waals surface area contributed by atoms with Gasteiger partial charge in [0.15, 0.2) is 9.84 Å². The summed E-state index contributed by atoms with van der Waals surface area (Å²) in [5.41, 5.74) is 3.06. The van der Waals surface area contributed by atoms with Crippen LogP contribution in [0.2, 0.25) is 0 Å². The van der Waals surface area contributed by atoms with Gasteiger partial charge in [-0.2, -0.15) is 5.26 Å².